The van der Waals surface area contributed by atoms with Gasteiger partial charge in [0, 0.05) is 0 Å². The second-order valence-electron chi connectivity index (χ2n) is 4.44. The maximum atomic E-state index is 10.5. The molecule has 0 saturated heterocycles. The van der Waals surface area contributed by atoms with Gasteiger partial charge in [0.2, 0.25) is 0 Å². The Kier molecular flexibility index (Phi) is 1.46. The van der Waals surface area contributed by atoms with E-state index in [1.54, 1.807) is 11.3 Å². The van der Waals surface area contributed by atoms with Crippen molar-refractivity contribution in [2.75, 3.05) is 0 Å². The highest BCUT2D eigenvalue weighted by Gasteiger charge is 2.66. The van der Waals surface area contributed by atoms with Crippen LogP contribution < -0.4 is 0 Å². The number of aliphatic hydroxyl groups is 1. The van der Waals surface area contributed by atoms with E-state index >= 15 is 0 Å². The smallest absolute Gasteiger partial charge is 0.0970 e. The predicted octanol–water partition coefficient (Wildman–Crippen LogP) is 2.67. The van der Waals surface area contributed by atoms with E-state index in [0.29, 0.717) is 11.8 Å². The SMILES string of the molecule is Cc1cscc1C1(O)C2CCCC21. The summed E-state index contributed by atoms with van der Waals surface area (Å²) in [6.07, 6.45) is 3.79. The first-order valence-corrected chi connectivity index (χ1v) is 5.94. The van der Waals surface area contributed by atoms with Gasteiger partial charge >= 0.3 is 0 Å². The minimum atomic E-state index is -0.414. The number of thiophene rings is 1. The van der Waals surface area contributed by atoms with Crippen LogP contribution >= 0.6 is 11.3 Å². The average molecular weight is 194 g/mol. The lowest BCUT2D eigenvalue weighted by Crippen LogP contribution is -2.13. The van der Waals surface area contributed by atoms with Gasteiger partial charge in [-0.15, -0.1) is 0 Å². The Labute approximate surface area is 82.4 Å². The first-order chi connectivity index (χ1) is 6.24. The quantitative estimate of drug-likeness (QED) is 0.728. The lowest BCUT2D eigenvalue weighted by molar-refractivity contribution is 0.105. The number of hydrogen-bond acceptors (Lipinski definition) is 2. The molecule has 2 fully saturated rings. The monoisotopic (exact) mass is 194 g/mol. The van der Waals surface area contributed by atoms with Gasteiger partial charge in [-0.1, -0.05) is 6.42 Å². The Morgan fingerprint density at radius 2 is 2.08 bits per heavy atom. The maximum Gasteiger partial charge on any atom is 0.0970 e. The molecular formula is C11H14OS. The summed E-state index contributed by atoms with van der Waals surface area (Å²) in [4.78, 5) is 0. The molecule has 3 rings (SSSR count). The largest absolute Gasteiger partial charge is 0.385 e. The van der Waals surface area contributed by atoms with Crippen LogP contribution in [0.25, 0.3) is 0 Å². The Bertz CT molecular complexity index is 332. The number of fused-ring (bicyclic) bond motifs is 1. The van der Waals surface area contributed by atoms with Crippen molar-refractivity contribution >= 4 is 11.3 Å². The molecule has 13 heavy (non-hydrogen) atoms. The fourth-order valence-electron chi connectivity index (χ4n) is 3.09. The van der Waals surface area contributed by atoms with Gasteiger partial charge in [0.15, 0.2) is 0 Å². The molecule has 0 aliphatic heterocycles. The molecule has 0 amide bonds. The van der Waals surface area contributed by atoms with Crippen LogP contribution in [-0.2, 0) is 5.60 Å². The number of aryl methyl sites for hydroxylation is 1. The zero-order valence-electron chi connectivity index (χ0n) is 7.79. The summed E-state index contributed by atoms with van der Waals surface area (Å²) < 4.78 is 0. The van der Waals surface area contributed by atoms with Crippen molar-refractivity contribution in [1.29, 1.82) is 0 Å². The Morgan fingerprint density at radius 3 is 2.62 bits per heavy atom. The van der Waals surface area contributed by atoms with Gasteiger partial charge in [-0.3, -0.25) is 0 Å². The van der Waals surface area contributed by atoms with Crippen LogP contribution in [0, 0.1) is 18.8 Å². The first kappa shape index (κ1) is 8.01. The van der Waals surface area contributed by atoms with E-state index in [0.717, 1.165) is 0 Å². The predicted molar refractivity (Wildman–Crippen MR) is 53.8 cm³/mol. The zero-order valence-corrected chi connectivity index (χ0v) is 8.60. The molecule has 1 nitrogen and oxygen atoms in total. The summed E-state index contributed by atoms with van der Waals surface area (Å²) in [7, 11) is 0. The van der Waals surface area contributed by atoms with E-state index in [-0.39, 0.29) is 0 Å². The third-order valence-electron chi connectivity index (χ3n) is 3.82. The van der Waals surface area contributed by atoms with Crippen molar-refractivity contribution in [3.8, 4) is 0 Å². The van der Waals surface area contributed by atoms with Gasteiger partial charge in [0.05, 0.1) is 5.60 Å². The van der Waals surface area contributed by atoms with Crippen LogP contribution in [0.15, 0.2) is 10.8 Å². The molecule has 1 N–H and O–H groups in total. The third-order valence-corrected chi connectivity index (χ3v) is 4.69. The number of rotatable bonds is 1. The minimum Gasteiger partial charge on any atom is -0.385 e. The fraction of sp³-hybridized carbons (Fsp3) is 0.636. The molecule has 2 atom stereocenters. The van der Waals surface area contributed by atoms with Crippen molar-refractivity contribution < 1.29 is 5.11 Å². The molecule has 2 heteroatoms. The summed E-state index contributed by atoms with van der Waals surface area (Å²) in [5.41, 5.74) is 2.08. The molecule has 1 heterocycles. The molecule has 0 radical (unpaired) electrons. The summed E-state index contributed by atoms with van der Waals surface area (Å²) in [5.74, 6) is 1.17. The van der Waals surface area contributed by atoms with Crippen LogP contribution in [0.1, 0.15) is 30.4 Å². The highest BCUT2D eigenvalue weighted by Crippen LogP contribution is 2.66. The molecule has 1 aromatic rings. The van der Waals surface area contributed by atoms with Gasteiger partial charge in [-0.05, 0) is 53.5 Å². The van der Waals surface area contributed by atoms with Crippen LogP contribution in [0.3, 0.4) is 0 Å². The summed E-state index contributed by atoms with van der Waals surface area (Å²) >= 11 is 1.71. The molecule has 0 aromatic carbocycles. The molecular weight excluding hydrogens is 180 g/mol. The molecule has 2 unspecified atom stereocenters. The molecule has 1 aromatic heterocycles. The summed E-state index contributed by atoms with van der Waals surface area (Å²) in [6, 6.07) is 0. The van der Waals surface area contributed by atoms with Crippen LogP contribution in [-0.4, -0.2) is 5.11 Å². The van der Waals surface area contributed by atoms with Crippen LogP contribution in [0.4, 0.5) is 0 Å². The van der Waals surface area contributed by atoms with E-state index in [9.17, 15) is 5.11 Å². The van der Waals surface area contributed by atoms with Gasteiger partial charge in [-0.25, -0.2) is 0 Å². The van der Waals surface area contributed by atoms with Gasteiger partial charge in [0.25, 0.3) is 0 Å². The van der Waals surface area contributed by atoms with Gasteiger partial charge in [-0.2, -0.15) is 11.3 Å². The van der Waals surface area contributed by atoms with Crippen molar-refractivity contribution in [1.82, 2.24) is 0 Å². The van der Waals surface area contributed by atoms with Gasteiger partial charge < -0.3 is 5.11 Å². The topological polar surface area (TPSA) is 20.2 Å². The summed E-state index contributed by atoms with van der Waals surface area (Å²) in [6.45, 7) is 2.11. The van der Waals surface area contributed by atoms with Crippen molar-refractivity contribution in [3.05, 3.63) is 21.9 Å². The van der Waals surface area contributed by atoms with Crippen molar-refractivity contribution in [2.24, 2.45) is 11.8 Å². The van der Waals surface area contributed by atoms with Gasteiger partial charge in [0.1, 0.15) is 0 Å². The van der Waals surface area contributed by atoms with E-state index in [2.05, 4.69) is 17.7 Å². The average Bonchev–Trinajstić information content (AvgIpc) is 2.61. The van der Waals surface area contributed by atoms with Crippen LogP contribution in [0.5, 0.6) is 0 Å². The van der Waals surface area contributed by atoms with E-state index in [1.807, 2.05) is 0 Å². The Hall–Kier alpha value is -0.340. The van der Waals surface area contributed by atoms with Crippen molar-refractivity contribution in [3.63, 3.8) is 0 Å². The van der Waals surface area contributed by atoms with E-state index < -0.39 is 5.60 Å². The molecule has 2 aliphatic carbocycles. The normalized spacial score (nSPS) is 42.0. The Balaban J connectivity index is 1.99. The number of hydrogen-bond donors (Lipinski definition) is 1. The lowest BCUT2D eigenvalue weighted by atomic mass is 9.99. The van der Waals surface area contributed by atoms with E-state index in [1.165, 1.54) is 30.4 Å². The fourth-order valence-corrected chi connectivity index (χ4v) is 4.00. The minimum absolute atomic E-state index is 0.414. The molecule has 0 spiro atoms. The first-order valence-electron chi connectivity index (χ1n) is 5.00. The lowest BCUT2D eigenvalue weighted by Gasteiger charge is -2.13. The second-order valence-corrected chi connectivity index (χ2v) is 5.18. The zero-order chi connectivity index (χ0) is 9.05. The molecule has 2 saturated carbocycles. The molecule has 0 bridgehead atoms. The van der Waals surface area contributed by atoms with Crippen molar-refractivity contribution in [2.45, 2.75) is 31.8 Å². The summed E-state index contributed by atoms with van der Waals surface area (Å²) in [5, 5.41) is 14.7. The van der Waals surface area contributed by atoms with Crippen LogP contribution in [0.2, 0.25) is 0 Å². The molecule has 2 aliphatic rings. The second kappa shape index (κ2) is 2.37. The Morgan fingerprint density at radius 1 is 1.38 bits per heavy atom. The molecule has 70 valence electrons. The van der Waals surface area contributed by atoms with E-state index in [4.69, 9.17) is 0 Å². The highest BCUT2D eigenvalue weighted by atomic mass is 32.1. The third kappa shape index (κ3) is 0.856. The standard InChI is InChI=1S/C11H14OS/c1-7-5-13-6-10(7)11(12)8-3-2-4-9(8)11/h5-6,8-9,12H,2-4H2,1H3. The maximum absolute atomic E-state index is 10.5. The highest BCUT2D eigenvalue weighted by molar-refractivity contribution is 7.08.